The Morgan fingerprint density at radius 1 is 1.41 bits per heavy atom. The molecule has 1 aromatic heterocycles. The third kappa shape index (κ3) is 2.21. The quantitative estimate of drug-likeness (QED) is 0.589. The molecule has 1 amide bonds. The number of primary amides is 1. The van der Waals surface area contributed by atoms with Crippen LogP contribution in [0.3, 0.4) is 0 Å². The molecule has 2 unspecified atom stereocenters. The highest BCUT2D eigenvalue weighted by atomic mass is 32.1. The molecule has 0 saturated carbocycles. The molecular weight excluding hydrogens is 244 g/mol. The Morgan fingerprint density at radius 2 is 2.12 bits per heavy atom. The van der Waals surface area contributed by atoms with E-state index in [0.717, 1.165) is 11.3 Å². The van der Waals surface area contributed by atoms with E-state index in [9.17, 15) is 19.8 Å². The predicted octanol–water partition coefficient (Wildman–Crippen LogP) is -0.531. The van der Waals surface area contributed by atoms with Crippen molar-refractivity contribution in [3.63, 3.8) is 0 Å². The van der Waals surface area contributed by atoms with E-state index in [-0.39, 0.29) is 4.87 Å². The lowest BCUT2D eigenvalue weighted by Crippen LogP contribution is -2.33. The average Bonchev–Trinajstić information content (AvgIpc) is 2.65. The van der Waals surface area contributed by atoms with Gasteiger partial charge in [0.15, 0.2) is 6.10 Å². The van der Waals surface area contributed by atoms with E-state index in [4.69, 9.17) is 5.73 Å². The van der Waals surface area contributed by atoms with Gasteiger partial charge in [-0.2, -0.15) is 0 Å². The van der Waals surface area contributed by atoms with Gasteiger partial charge in [0.2, 0.25) is 5.91 Å². The highest BCUT2D eigenvalue weighted by molar-refractivity contribution is 7.16. The van der Waals surface area contributed by atoms with Crippen LogP contribution in [0.2, 0.25) is 0 Å². The van der Waals surface area contributed by atoms with Crippen molar-refractivity contribution in [2.24, 2.45) is 5.73 Å². The fourth-order valence-electron chi connectivity index (χ4n) is 1.48. The summed E-state index contributed by atoms with van der Waals surface area (Å²) >= 11 is 0.984. The number of benzene rings is 1. The van der Waals surface area contributed by atoms with E-state index in [0.29, 0.717) is 15.8 Å². The van der Waals surface area contributed by atoms with Crippen LogP contribution < -0.4 is 10.6 Å². The number of hydrogen-bond acceptors (Lipinski definition) is 5. The third-order valence-corrected chi connectivity index (χ3v) is 3.22. The topological polar surface area (TPSA) is 116 Å². The van der Waals surface area contributed by atoms with Crippen molar-refractivity contribution in [3.05, 3.63) is 33.4 Å². The molecule has 7 heteroatoms. The summed E-state index contributed by atoms with van der Waals surface area (Å²) in [4.78, 5) is 24.2. The molecule has 2 rings (SSSR count). The number of nitrogens with two attached hydrogens (primary N) is 1. The molecular formula is C10H10N2O4S. The van der Waals surface area contributed by atoms with Crippen LogP contribution in [-0.2, 0) is 4.79 Å². The van der Waals surface area contributed by atoms with E-state index < -0.39 is 18.1 Å². The van der Waals surface area contributed by atoms with Gasteiger partial charge in [0.25, 0.3) is 0 Å². The number of aliphatic hydroxyl groups excluding tert-OH is 2. The minimum Gasteiger partial charge on any atom is -0.385 e. The molecule has 1 aromatic carbocycles. The third-order valence-electron chi connectivity index (χ3n) is 2.38. The second kappa shape index (κ2) is 4.28. The van der Waals surface area contributed by atoms with E-state index in [1.165, 1.54) is 12.1 Å². The molecule has 5 N–H and O–H groups in total. The summed E-state index contributed by atoms with van der Waals surface area (Å²) in [6.07, 6.45) is -3.06. The first-order valence-corrected chi connectivity index (χ1v) is 5.59. The number of aliphatic hydroxyl groups is 2. The van der Waals surface area contributed by atoms with E-state index in [1.54, 1.807) is 6.07 Å². The van der Waals surface area contributed by atoms with Gasteiger partial charge in [0, 0.05) is 0 Å². The van der Waals surface area contributed by atoms with Gasteiger partial charge < -0.3 is 20.9 Å². The number of aromatic nitrogens is 1. The molecule has 1 heterocycles. The van der Waals surface area contributed by atoms with Crippen molar-refractivity contribution in [1.29, 1.82) is 0 Å². The standard InChI is InChI=1S/C10H10N2O4S/c11-9(15)8(14)7(13)4-1-2-5-6(3-4)17-10(16)12-5/h1-3,7-8,13-14H,(H2,11,15)(H,12,16). The number of carbonyl (C=O) groups is 1. The molecule has 0 aliphatic rings. The molecule has 6 nitrogen and oxygen atoms in total. The van der Waals surface area contributed by atoms with Crippen LogP contribution in [-0.4, -0.2) is 27.2 Å². The van der Waals surface area contributed by atoms with Gasteiger partial charge in [-0.25, -0.2) is 0 Å². The second-order valence-corrected chi connectivity index (χ2v) is 4.58. The summed E-state index contributed by atoms with van der Waals surface area (Å²) < 4.78 is 0.642. The summed E-state index contributed by atoms with van der Waals surface area (Å²) in [5, 5.41) is 19.0. The molecule has 2 aromatic rings. The summed E-state index contributed by atoms with van der Waals surface area (Å²) in [5.41, 5.74) is 5.86. The molecule has 0 bridgehead atoms. The van der Waals surface area contributed by atoms with Crippen LogP contribution in [0.4, 0.5) is 0 Å². The fourth-order valence-corrected chi connectivity index (χ4v) is 2.27. The van der Waals surface area contributed by atoms with Gasteiger partial charge in [-0.1, -0.05) is 17.4 Å². The van der Waals surface area contributed by atoms with Crippen molar-refractivity contribution >= 4 is 27.5 Å². The number of amides is 1. The summed E-state index contributed by atoms with van der Waals surface area (Å²) in [7, 11) is 0. The van der Waals surface area contributed by atoms with E-state index in [2.05, 4.69) is 4.98 Å². The zero-order valence-corrected chi connectivity index (χ0v) is 9.40. The number of rotatable bonds is 3. The molecule has 0 radical (unpaired) electrons. The van der Waals surface area contributed by atoms with Crippen molar-refractivity contribution in [2.75, 3.05) is 0 Å². The van der Waals surface area contributed by atoms with Crippen LogP contribution >= 0.6 is 11.3 Å². The Morgan fingerprint density at radius 3 is 2.76 bits per heavy atom. The lowest BCUT2D eigenvalue weighted by Gasteiger charge is -2.14. The zero-order valence-electron chi connectivity index (χ0n) is 8.58. The summed E-state index contributed by atoms with van der Waals surface area (Å²) in [6.45, 7) is 0. The van der Waals surface area contributed by atoms with Crippen LogP contribution in [0.15, 0.2) is 23.0 Å². The van der Waals surface area contributed by atoms with Gasteiger partial charge in [-0.15, -0.1) is 0 Å². The van der Waals surface area contributed by atoms with Gasteiger partial charge in [-0.3, -0.25) is 9.59 Å². The van der Waals surface area contributed by atoms with Crippen LogP contribution in [0.1, 0.15) is 11.7 Å². The van der Waals surface area contributed by atoms with Gasteiger partial charge >= 0.3 is 4.87 Å². The van der Waals surface area contributed by atoms with Crippen molar-refractivity contribution in [2.45, 2.75) is 12.2 Å². The molecule has 0 spiro atoms. The van der Waals surface area contributed by atoms with E-state index >= 15 is 0 Å². The minimum absolute atomic E-state index is 0.206. The number of fused-ring (bicyclic) bond motifs is 1. The highest BCUT2D eigenvalue weighted by Gasteiger charge is 2.23. The number of H-pyrrole nitrogens is 1. The molecule has 0 aliphatic carbocycles. The van der Waals surface area contributed by atoms with Crippen molar-refractivity contribution in [1.82, 2.24) is 4.98 Å². The summed E-state index contributed by atoms with van der Waals surface area (Å²) in [5.74, 6) is -1.00. The van der Waals surface area contributed by atoms with Crippen LogP contribution in [0, 0.1) is 0 Å². The normalized spacial score (nSPS) is 14.7. The Labute approximate surface area is 99.3 Å². The van der Waals surface area contributed by atoms with Gasteiger partial charge in [0.1, 0.15) is 6.10 Å². The molecule has 2 atom stereocenters. The average molecular weight is 254 g/mol. The first kappa shape index (κ1) is 11.8. The molecule has 0 aliphatic heterocycles. The summed E-state index contributed by atoms with van der Waals surface area (Å²) in [6, 6.07) is 4.65. The maximum absolute atomic E-state index is 11.1. The Balaban J connectivity index is 2.42. The van der Waals surface area contributed by atoms with Crippen molar-refractivity contribution in [3.8, 4) is 0 Å². The Kier molecular flexibility index (Phi) is 2.97. The fraction of sp³-hybridized carbons (Fsp3) is 0.200. The first-order chi connectivity index (χ1) is 7.99. The maximum atomic E-state index is 11.1. The van der Waals surface area contributed by atoms with Crippen molar-refractivity contribution < 1.29 is 15.0 Å². The SMILES string of the molecule is NC(=O)C(O)C(O)c1ccc2[nH]c(=O)sc2c1. The highest BCUT2D eigenvalue weighted by Crippen LogP contribution is 2.22. The zero-order chi connectivity index (χ0) is 12.6. The number of hydrogen-bond donors (Lipinski definition) is 4. The maximum Gasteiger partial charge on any atom is 0.305 e. The number of aromatic amines is 1. The lowest BCUT2D eigenvalue weighted by atomic mass is 10.0. The largest absolute Gasteiger partial charge is 0.385 e. The molecule has 17 heavy (non-hydrogen) atoms. The Hall–Kier alpha value is -1.70. The molecule has 0 saturated heterocycles. The smallest absolute Gasteiger partial charge is 0.305 e. The van der Waals surface area contributed by atoms with Crippen LogP contribution in [0.5, 0.6) is 0 Å². The second-order valence-electron chi connectivity index (χ2n) is 3.56. The van der Waals surface area contributed by atoms with Gasteiger partial charge in [0.05, 0.1) is 10.2 Å². The monoisotopic (exact) mass is 254 g/mol. The molecule has 0 fully saturated rings. The van der Waals surface area contributed by atoms with Gasteiger partial charge in [-0.05, 0) is 17.7 Å². The first-order valence-electron chi connectivity index (χ1n) is 4.77. The van der Waals surface area contributed by atoms with Crippen LogP contribution in [0.25, 0.3) is 10.2 Å². The minimum atomic E-state index is -1.66. The number of thiazole rings is 1. The Bertz CT molecular complexity index is 618. The lowest BCUT2D eigenvalue weighted by molar-refractivity contribution is -0.131. The molecule has 90 valence electrons. The number of nitrogens with one attached hydrogen (secondary N) is 1. The van der Waals surface area contributed by atoms with E-state index in [1.807, 2.05) is 0 Å². The predicted molar refractivity (Wildman–Crippen MR) is 62.6 cm³/mol. The number of carbonyl (C=O) groups excluding carboxylic acids is 1.